The fourth-order valence-electron chi connectivity index (χ4n) is 2.00. The van der Waals surface area contributed by atoms with E-state index in [1.165, 1.54) is 6.07 Å². The van der Waals surface area contributed by atoms with Crippen molar-refractivity contribution in [1.82, 2.24) is 9.80 Å². The first-order chi connectivity index (χ1) is 9.58. The molecule has 2 amide bonds. The van der Waals surface area contributed by atoms with Crippen LogP contribution in [0.4, 0.5) is 14.5 Å². The Morgan fingerprint density at radius 2 is 1.90 bits per heavy atom. The Morgan fingerprint density at radius 1 is 1.20 bits per heavy atom. The summed E-state index contributed by atoms with van der Waals surface area (Å²) in [6.07, 6.45) is 0.790. The van der Waals surface area contributed by atoms with Crippen molar-refractivity contribution in [3.05, 3.63) is 29.8 Å². The molecular formula is C13H15F2N3O2. The molecule has 0 saturated carbocycles. The summed E-state index contributed by atoms with van der Waals surface area (Å²) in [7, 11) is 0. The number of nitrogens with zero attached hydrogens (tertiary/aromatic N) is 2. The van der Waals surface area contributed by atoms with Crippen LogP contribution in [-0.4, -0.2) is 54.8 Å². The Hall–Kier alpha value is -2.02. The van der Waals surface area contributed by atoms with E-state index in [-0.39, 0.29) is 18.1 Å². The fourth-order valence-corrected chi connectivity index (χ4v) is 2.00. The largest absolute Gasteiger partial charge is 0.343 e. The first-order valence-corrected chi connectivity index (χ1v) is 6.25. The zero-order valence-corrected chi connectivity index (χ0v) is 10.8. The molecule has 20 heavy (non-hydrogen) atoms. The molecule has 0 bridgehead atoms. The summed E-state index contributed by atoms with van der Waals surface area (Å²) in [6, 6.07) is 3.21. The van der Waals surface area contributed by atoms with Gasteiger partial charge in [-0.1, -0.05) is 0 Å². The Balaban J connectivity index is 1.83. The Kier molecular flexibility index (Phi) is 4.62. The predicted octanol–water partition coefficient (Wildman–Crippen LogP) is 0.677. The second-order valence-electron chi connectivity index (χ2n) is 4.59. The lowest BCUT2D eigenvalue weighted by atomic mass is 10.3. The van der Waals surface area contributed by atoms with Gasteiger partial charge < -0.3 is 10.2 Å². The highest BCUT2D eigenvalue weighted by Gasteiger charge is 2.17. The van der Waals surface area contributed by atoms with Gasteiger partial charge in [0, 0.05) is 37.9 Å². The van der Waals surface area contributed by atoms with Crippen LogP contribution in [-0.2, 0) is 9.59 Å². The lowest BCUT2D eigenvalue weighted by Gasteiger charge is -2.31. The molecule has 1 aromatic rings. The minimum Gasteiger partial charge on any atom is -0.343 e. The highest BCUT2D eigenvalue weighted by molar-refractivity contribution is 5.92. The van der Waals surface area contributed by atoms with Crippen molar-refractivity contribution in [2.24, 2.45) is 0 Å². The van der Waals surface area contributed by atoms with Crippen LogP contribution >= 0.6 is 0 Å². The Labute approximate surface area is 115 Å². The van der Waals surface area contributed by atoms with Crippen LogP contribution in [0.5, 0.6) is 0 Å². The van der Waals surface area contributed by atoms with Gasteiger partial charge in [-0.15, -0.1) is 0 Å². The van der Waals surface area contributed by atoms with Gasteiger partial charge in [-0.2, -0.15) is 0 Å². The number of piperazine rings is 1. The number of benzene rings is 1. The highest BCUT2D eigenvalue weighted by atomic mass is 19.2. The number of hydrogen-bond acceptors (Lipinski definition) is 3. The van der Waals surface area contributed by atoms with Gasteiger partial charge in [0.2, 0.25) is 12.3 Å². The average Bonchev–Trinajstić information content (AvgIpc) is 2.44. The maximum Gasteiger partial charge on any atom is 0.238 e. The lowest BCUT2D eigenvalue weighted by Crippen LogP contribution is -2.48. The number of anilines is 1. The van der Waals surface area contributed by atoms with Crippen LogP contribution in [0.2, 0.25) is 0 Å². The molecule has 7 heteroatoms. The summed E-state index contributed by atoms with van der Waals surface area (Å²) in [4.78, 5) is 25.9. The summed E-state index contributed by atoms with van der Waals surface area (Å²) < 4.78 is 25.7. The van der Waals surface area contributed by atoms with E-state index in [2.05, 4.69) is 5.32 Å². The molecule has 1 fully saturated rings. The monoisotopic (exact) mass is 283 g/mol. The van der Waals surface area contributed by atoms with Crippen molar-refractivity contribution >= 4 is 18.0 Å². The number of carbonyl (C=O) groups is 2. The number of rotatable bonds is 4. The molecule has 5 nitrogen and oxygen atoms in total. The normalized spacial score (nSPS) is 16.0. The highest BCUT2D eigenvalue weighted by Crippen LogP contribution is 2.13. The second-order valence-corrected chi connectivity index (χ2v) is 4.59. The molecular weight excluding hydrogens is 268 g/mol. The molecule has 0 atom stereocenters. The molecule has 1 aliphatic rings. The van der Waals surface area contributed by atoms with Crippen LogP contribution in [0.1, 0.15) is 0 Å². The summed E-state index contributed by atoms with van der Waals surface area (Å²) in [5.41, 5.74) is 0.223. The number of hydrogen-bond donors (Lipinski definition) is 1. The average molecular weight is 283 g/mol. The van der Waals surface area contributed by atoms with Crippen LogP contribution in [0.25, 0.3) is 0 Å². The number of amides is 2. The SMILES string of the molecule is O=CN1CCN(CC(=O)Nc2ccc(F)c(F)c2)CC1. The molecule has 0 aliphatic carbocycles. The van der Waals surface area contributed by atoms with Gasteiger partial charge in [-0.25, -0.2) is 8.78 Å². The standard InChI is InChI=1S/C13H15F2N3O2/c14-11-2-1-10(7-12(11)15)16-13(20)8-17-3-5-18(9-19)6-4-17/h1-2,7,9H,3-6,8H2,(H,16,20). The Bertz CT molecular complexity index is 502. The van der Waals surface area contributed by atoms with Crippen molar-refractivity contribution in [3.8, 4) is 0 Å². The third-order valence-electron chi connectivity index (χ3n) is 3.13. The maximum atomic E-state index is 13.0. The van der Waals surface area contributed by atoms with E-state index in [0.29, 0.717) is 26.2 Å². The molecule has 0 unspecified atom stereocenters. The van der Waals surface area contributed by atoms with E-state index in [1.807, 2.05) is 4.90 Å². The van der Waals surface area contributed by atoms with Crippen molar-refractivity contribution in [3.63, 3.8) is 0 Å². The minimum absolute atomic E-state index is 0.158. The zero-order chi connectivity index (χ0) is 14.5. The van der Waals surface area contributed by atoms with Crippen molar-refractivity contribution in [2.75, 3.05) is 38.0 Å². The van der Waals surface area contributed by atoms with Crippen molar-refractivity contribution < 1.29 is 18.4 Å². The number of nitrogens with one attached hydrogen (secondary N) is 1. The van der Waals surface area contributed by atoms with Crippen molar-refractivity contribution in [2.45, 2.75) is 0 Å². The van der Waals surface area contributed by atoms with Crippen LogP contribution < -0.4 is 5.32 Å². The first-order valence-electron chi connectivity index (χ1n) is 6.25. The fraction of sp³-hybridized carbons (Fsp3) is 0.385. The summed E-state index contributed by atoms with van der Waals surface area (Å²) in [6.45, 7) is 2.56. The minimum atomic E-state index is -0.998. The molecule has 1 aliphatic heterocycles. The van der Waals surface area contributed by atoms with Crippen LogP contribution in [0.15, 0.2) is 18.2 Å². The summed E-state index contributed by atoms with van der Waals surface area (Å²) in [5.74, 6) is -2.24. The zero-order valence-electron chi connectivity index (χ0n) is 10.8. The summed E-state index contributed by atoms with van der Waals surface area (Å²) in [5, 5.41) is 2.51. The predicted molar refractivity (Wildman–Crippen MR) is 69.1 cm³/mol. The second kappa shape index (κ2) is 6.42. The van der Waals surface area contributed by atoms with Gasteiger partial charge in [-0.05, 0) is 12.1 Å². The van der Waals surface area contributed by atoms with Crippen LogP contribution in [0.3, 0.4) is 0 Å². The van der Waals surface area contributed by atoms with Crippen molar-refractivity contribution in [1.29, 1.82) is 0 Å². The van der Waals surface area contributed by atoms with Gasteiger partial charge in [-0.3, -0.25) is 14.5 Å². The van der Waals surface area contributed by atoms with Gasteiger partial charge >= 0.3 is 0 Å². The first kappa shape index (κ1) is 14.4. The van der Waals surface area contributed by atoms with Gasteiger partial charge in [0.1, 0.15) is 0 Å². The van der Waals surface area contributed by atoms with Gasteiger partial charge in [0.05, 0.1) is 6.54 Å². The van der Waals surface area contributed by atoms with Gasteiger partial charge in [0.15, 0.2) is 11.6 Å². The quantitative estimate of drug-likeness (QED) is 0.827. The third-order valence-corrected chi connectivity index (χ3v) is 3.13. The molecule has 108 valence electrons. The number of halogens is 2. The van der Waals surface area contributed by atoms with Gasteiger partial charge in [0.25, 0.3) is 0 Å². The van der Waals surface area contributed by atoms with E-state index >= 15 is 0 Å². The molecule has 2 rings (SSSR count). The smallest absolute Gasteiger partial charge is 0.238 e. The molecule has 1 saturated heterocycles. The third kappa shape index (κ3) is 3.74. The van der Waals surface area contributed by atoms with E-state index in [1.54, 1.807) is 4.90 Å². The topological polar surface area (TPSA) is 52.7 Å². The lowest BCUT2D eigenvalue weighted by molar-refractivity contribution is -0.120. The molecule has 1 aromatic carbocycles. The van der Waals surface area contributed by atoms with E-state index in [0.717, 1.165) is 18.5 Å². The molecule has 1 heterocycles. The van der Waals surface area contributed by atoms with E-state index < -0.39 is 11.6 Å². The summed E-state index contributed by atoms with van der Waals surface area (Å²) >= 11 is 0. The maximum absolute atomic E-state index is 13.0. The van der Waals surface area contributed by atoms with E-state index in [4.69, 9.17) is 0 Å². The molecule has 0 aromatic heterocycles. The van der Waals surface area contributed by atoms with E-state index in [9.17, 15) is 18.4 Å². The molecule has 0 spiro atoms. The molecule has 1 N–H and O–H groups in total. The number of carbonyl (C=O) groups excluding carboxylic acids is 2. The molecule has 0 radical (unpaired) electrons. The van der Waals surface area contributed by atoms with Crippen LogP contribution in [0, 0.1) is 11.6 Å². The Morgan fingerprint density at radius 3 is 2.50 bits per heavy atom.